The molecule has 2 aliphatic heterocycles. The van der Waals surface area contributed by atoms with Crippen molar-refractivity contribution in [1.82, 2.24) is 4.90 Å². The number of alkyl halides is 8. The van der Waals surface area contributed by atoms with Gasteiger partial charge in [-0.2, -0.15) is 26.3 Å². The number of hydrogen-bond acceptors (Lipinski definition) is 5. The Labute approximate surface area is 211 Å². The molecular weight excluding hydrogens is 536 g/mol. The van der Waals surface area contributed by atoms with Crippen molar-refractivity contribution in [2.75, 3.05) is 31.1 Å². The van der Waals surface area contributed by atoms with Gasteiger partial charge in [0.15, 0.2) is 0 Å². The first-order chi connectivity index (χ1) is 17.5. The highest BCUT2D eigenvalue weighted by Gasteiger charge is 2.59. The Kier molecular flexibility index (Phi) is 9.75. The van der Waals surface area contributed by atoms with Gasteiger partial charge >= 0.3 is 24.3 Å². The quantitative estimate of drug-likeness (QED) is 0.494. The van der Waals surface area contributed by atoms with Gasteiger partial charge in [0.2, 0.25) is 0 Å². The summed E-state index contributed by atoms with van der Waals surface area (Å²) in [5.41, 5.74) is 1.13. The standard InChI is InChI=1S/C19H22F2N2O.2C2HF3O2/c20-19(21)8-9-22(12-16-6-11-24-13-16)14-18(19)7-10-23(15-18)17-4-2-1-3-5-17;2*3-2(4,5)1(6)7/h1-6,11,13H,7-10,12,14-15H2;2*(H,6,7). The predicted molar refractivity (Wildman–Crippen MR) is 117 cm³/mol. The first-order valence-electron chi connectivity index (χ1n) is 11.0. The molecule has 1 unspecified atom stereocenters. The molecule has 1 aromatic heterocycles. The molecule has 3 heterocycles. The fourth-order valence-electron chi connectivity index (χ4n) is 4.12. The minimum absolute atomic E-state index is 0.0620. The van der Waals surface area contributed by atoms with Crippen LogP contribution < -0.4 is 4.90 Å². The molecule has 2 N–H and O–H groups in total. The summed E-state index contributed by atoms with van der Waals surface area (Å²) in [5.74, 6) is -8.12. The summed E-state index contributed by atoms with van der Waals surface area (Å²) in [6, 6.07) is 11.8. The third kappa shape index (κ3) is 8.33. The number of furan rings is 1. The van der Waals surface area contributed by atoms with E-state index in [1.54, 1.807) is 12.5 Å². The van der Waals surface area contributed by atoms with Crippen molar-refractivity contribution in [2.45, 2.75) is 37.7 Å². The Morgan fingerprint density at radius 3 is 1.89 bits per heavy atom. The average molecular weight is 560 g/mol. The molecule has 1 atom stereocenters. The van der Waals surface area contributed by atoms with Gasteiger partial charge in [-0.05, 0) is 24.6 Å². The number of anilines is 1. The number of carboxylic acids is 2. The fraction of sp³-hybridized carbons (Fsp3) is 0.478. The smallest absolute Gasteiger partial charge is 0.475 e. The van der Waals surface area contributed by atoms with Crippen LogP contribution in [0.5, 0.6) is 0 Å². The van der Waals surface area contributed by atoms with Crippen molar-refractivity contribution in [1.29, 1.82) is 0 Å². The van der Waals surface area contributed by atoms with E-state index in [0.717, 1.165) is 11.3 Å². The van der Waals surface area contributed by atoms with E-state index < -0.39 is 35.6 Å². The van der Waals surface area contributed by atoms with Gasteiger partial charge in [-0.1, -0.05) is 18.2 Å². The molecule has 2 aromatic rings. The number of halogens is 8. The molecule has 4 rings (SSSR count). The first kappa shape index (κ1) is 30.9. The Morgan fingerprint density at radius 1 is 0.868 bits per heavy atom. The zero-order valence-corrected chi connectivity index (χ0v) is 19.6. The predicted octanol–water partition coefficient (Wildman–Crippen LogP) is 5.28. The van der Waals surface area contributed by atoms with E-state index in [4.69, 9.17) is 24.2 Å². The van der Waals surface area contributed by atoms with E-state index in [1.165, 1.54) is 0 Å². The third-order valence-corrected chi connectivity index (χ3v) is 5.99. The number of nitrogens with zero attached hydrogens (tertiary/aromatic N) is 2. The van der Waals surface area contributed by atoms with Crippen LogP contribution in [-0.2, 0) is 16.1 Å². The van der Waals surface area contributed by atoms with Crippen LogP contribution >= 0.6 is 0 Å². The van der Waals surface area contributed by atoms with Crippen LogP contribution in [-0.4, -0.2) is 71.5 Å². The van der Waals surface area contributed by atoms with Crippen molar-refractivity contribution >= 4 is 17.6 Å². The van der Waals surface area contributed by atoms with Crippen LogP contribution in [0.3, 0.4) is 0 Å². The third-order valence-electron chi connectivity index (χ3n) is 5.99. The molecule has 15 heteroatoms. The van der Waals surface area contributed by atoms with Crippen LogP contribution in [0.15, 0.2) is 53.3 Å². The highest BCUT2D eigenvalue weighted by molar-refractivity contribution is 5.73. The largest absolute Gasteiger partial charge is 0.490 e. The lowest BCUT2D eigenvalue weighted by Crippen LogP contribution is -2.56. The fourth-order valence-corrected chi connectivity index (χ4v) is 4.12. The minimum Gasteiger partial charge on any atom is -0.475 e. The van der Waals surface area contributed by atoms with Crippen molar-refractivity contribution in [2.24, 2.45) is 5.41 Å². The van der Waals surface area contributed by atoms with Gasteiger partial charge in [0.05, 0.1) is 17.9 Å². The summed E-state index contributed by atoms with van der Waals surface area (Å²) in [5, 5.41) is 14.2. The minimum atomic E-state index is -5.08. The van der Waals surface area contributed by atoms with Crippen LogP contribution in [0.1, 0.15) is 18.4 Å². The highest BCUT2D eigenvalue weighted by atomic mass is 19.4. The summed E-state index contributed by atoms with van der Waals surface area (Å²) < 4.78 is 98.2. The van der Waals surface area contributed by atoms with E-state index in [9.17, 15) is 35.1 Å². The van der Waals surface area contributed by atoms with Gasteiger partial charge in [0.1, 0.15) is 0 Å². The Bertz CT molecular complexity index is 1020. The molecule has 2 aliphatic rings. The summed E-state index contributed by atoms with van der Waals surface area (Å²) in [6.45, 7) is 2.67. The topological polar surface area (TPSA) is 94.2 Å². The number of piperidine rings is 1. The van der Waals surface area contributed by atoms with E-state index in [1.807, 2.05) is 36.4 Å². The van der Waals surface area contributed by atoms with Gasteiger partial charge in [0.25, 0.3) is 5.92 Å². The van der Waals surface area contributed by atoms with Gasteiger partial charge in [-0.3, -0.25) is 4.90 Å². The SMILES string of the molecule is FC1(F)CCN(Cc2ccoc2)CC12CCN(c1ccccc1)C2.O=C(O)C(F)(F)F.O=C(O)C(F)(F)F. The van der Waals surface area contributed by atoms with Crippen molar-refractivity contribution in [3.8, 4) is 0 Å². The molecule has 0 amide bonds. The van der Waals surface area contributed by atoms with Crippen molar-refractivity contribution < 1.29 is 59.3 Å². The van der Waals surface area contributed by atoms with Gasteiger partial charge < -0.3 is 19.5 Å². The molecule has 0 aliphatic carbocycles. The molecular formula is C23H24F8N2O5. The molecule has 2 fully saturated rings. The zero-order valence-electron chi connectivity index (χ0n) is 19.6. The first-order valence-corrected chi connectivity index (χ1v) is 11.0. The van der Waals surface area contributed by atoms with Gasteiger partial charge in [0, 0.05) is 50.4 Å². The number of carboxylic acid groups (broad SMARTS) is 2. The Balaban J connectivity index is 0.000000301. The zero-order chi connectivity index (χ0) is 28.8. The summed E-state index contributed by atoms with van der Waals surface area (Å²) in [6.07, 6.45) is -6.36. The molecule has 212 valence electrons. The normalized spacial score (nSPS) is 21.2. The summed E-state index contributed by atoms with van der Waals surface area (Å²) in [7, 11) is 0. The van der Waals surface area contributed by atoms with Crippen LogP contribution in [0, 0.1) is 5.41 Å². The van der Waals surface area contributed by atoms with E-state index in [0.29, 0.717) is 39.1 Å². The molecule has 0 radical (unpaired) electrons. The molecule has 38 heavy (non-hydrogen) atoms. The highest BCUT2D eigenvalue weighted by Crippen LogP contribution is 2.50. The molecule has 0 saturated carbocycles. The second kappa shape index (κ2) is 12.0. The number of likely N-dealkylation sites (tertiary alicyclic amines) is 1. The number of benzene rings is 1. The van der Waals surface area contributed by atoms with Crippen LogP contribution in [0.25, 0.3) is 0 Å². The average Bonchev–Trinajstić information content (AvgIpc) is 3.48. The summed E-state index contributed by atoms with van der Waals surface area (Å²) in [4.78, 5) is 22.0. The number of rotatable bonds is 3. The number of para-hydroxylation sites is 1. The van der Waals surface area contributed by atoms with E-state index in [2.05, 4.69) is 9.80 Å². The monoisotopic (exact) mass is 560 g/mol. The van der Waals surface area contributed by atoms with E-state index >= 15 is 0 Å². The Morgan fingerprint density at radius 2 is 1.42 bits per heavy atom. The maximum absolute atomic E-state index is 14.8. The maximum atomic E-state index is 14.8. The number of carbonyl (C=O) groups is 2. The molecule has 1 aromatic carbocycles. The molecule has 1 spiro atoms. The number of hydrogen-bond donors (Lipinski definition) is 2. The van der Waals surface area contributed by atoms with Gasteiger partial charge in [-0.25, -0.2) is 18.4 Å². The second-order valence-corrected chi connectivity index (χ2v) is 8.69. The van der Waals surface area contributed by atoms with Crippen LogP contribution in [0.4, 0.5) is 40.8 Å². The second-order valence-electron chi connectivity index (χ2n) is 8.69. The van der Waals surface area contributed by atoms with Crippen molar-refractivity contribution in [3.63, 3.8) is 0 Å². The number of aliphatic carboxylic acids is 2. The maximum Gasteiger partial charge on any atom is 0.490 e. The lowest BCUT2D eigenvalue weighted by molar-refractivity contribution is -0.193. The van der Waals surface area contributed by atoms with E-state index in [-0.39, 0.29) is 6.42 Å². The summed E-state index contributed by atoms with van der Waals surface area (Å²) >= 11 is 0. The van der Waals surface area contributed by atoms with Crippen LogP contribution in [0.2, 0.25) is 0 Å². The Hall–Kier alpha value is -3.36. The van der Waals surface area contributed by atoms with Gasteiger partial charge in [-0.15, -0.1) is 0 Å². The molecule has 0 bridgehead atoms. The lowest BCUT2D eigenvalue weighted by atomic mass is 9.75. The lowest BCUT2D eigenvalue weighted by Gasteiger charge is -2.46. The molecule has 7 nitrogen and oxygen atoms in total. The van der Waals surface area contributed by atoms with Crippen molar-refractivity contribution in [3.05, 3.63) is 54.5 Å². The molecule has 2 saturated heterocycles.